The van der Waals surface area contributed by atoms with E-state index in [1.54, 1.807) is 0 Å². The second-order valence-electron chi connectivity index (χ2n) is 7.98. The molecule has 0 aromatic heterocycles. The van der Waals surface area contributed by atoms with Crippen molar-refractivity contribution in [3.8, 4) is 11.1 Å². The summed E-state index contributed by atoms with van der Waals surface area (Å²) in [5, 5.41) is 3.30. The van der Waals surface area contributed by atoms with E-state index in [1.807, 2.05) is 42.5 Å². The third-order valence-electron chi connectivity index (χ3n) is 6.30. The molecule has 4 heteroatoms. The Morgan fingerprint density at radius 2 is 1.61 bits per heavy atom. The highest BCUT2D eigenvalue weighted by atomic mass is 16.5. The van der Waals surface area contributed by atoms with E-state index in [0.717, 1.165) is 62.4 Å². The number of hydrogen-bond acceptors (Lipinski definition) is 3. The van der Waals surface area contributed by atoms with Gasteiger partial charge in [0.25, 0.3) is 5.91 Å². The van der Waals surface area contributed by atoms with Crippen molar-refractivity contribution in [2.45, 2.75) is 37.6 Å². The van der Waals surface area contributed by atoms with E-state index in [4.69, 9.17) is 4.74 Å². The van der Waals surface area contributed by atoms with Crippen molar-refractivity contribution in [2.75, 3.05) is 32.8 Å². The van der Waals surface area contributed by atoms with Crippen LogP contribution in [0, 0.1) is 0 Å². The fourth-order valence-electron chi connectivity index (χ4n) is 4.74. The lowest BCUT2D eigenvalue weighted by atomic mass is 9.79. The number of morpholine rings is 1. The average Bonchev–Trinajstić information content (AvgIpc) is 2.79. The maximum atomic E-state index is 13.2. The van der Waals surface area contributed by atoms with Crippen LogP contribution in [0.15, 0.2) is 54.6 Å². The molecule has 1 saturated heterocycles. The maximum Gasteiger partial charge on any atom is 0.251 e. The molecule has 0 bridgehead atoms. The molecule has 0 atom stereocenters. The lowest BCUT2D eigenvalue weighted by Gasteiger charge is -2.48. The SMILES string of the molecule is O=C(NCC1(N2CCOCC2)CCCCC1)c1ccccc1-c1ccccc1. The van der Waals surface area contributed by atoms with Gasteiger partial charge in [0.1, 0.15) is 0 Å². The number of ether oxygens (including phenoxy) is 1. The van der Waals surface area contributed by atoms with Crippen molar-refractivity contribution in [3.05, 3.63) is 60.2 Å². The Bertz CT molecular complexity index is 778. The Kier molecular flexibility index (Phi) is 6.08. The van der Waals surface area contributed by atoms with Crippen LogP contribution in [0.2, 0.25) is 0 Å². The summed E-state index contributed by atoms with van der Waals surface area (Å²) in [6, 6.07) is 18.0. The van der Waals surface area contributed by atoms with Gasteiger partial charge in [0.05, 0.1) is 13.2 Å². The molecule has 2 aliphatic rings. The second kappa shape index (κ2) is 8.89. The van der Waals surface area contributed by atoms with Gasteiger partial charge in [0, 0.05) is 30.7 Å². The minimum absolute atomic E-state index is 0.0256. The molecule has 1 saturated carbocycles. The van der Waals surface area contributed by atoms with Crippen LogP contribution in [0.1, 0.15) is 42.5 Å². The first-order chi connectivity index (χ1) is 13.8. The summed E-state index contributed by atoms with van der Waals surface area (Å²) >= 11 is 0. The number of carbonyl (C=O) groups excluding carboxylic acids is 1. The largest absolute Gasteiger partial charge is 0.379 e. The van der Waals surface area contributed by atoms with Crippen molar-refractivity contribution in [1.29, 1.82) is 0 Å². The van der Waals surface area contributed by atoms with Crippen molar-refractivity contribution in [2.24, 2.45) is 0 Å². The van der Waals surface area contributed by atoms with E-state index >= 15 is 0 Å². The van der Waals surface area contributed by atoms with E-state index in [-0.39, 0.29) is 11.4 Å². The van der Waals surface area contributed by atoms with Crippen LogP contribution < -0.4 is 5.32 Å². The van der Waals surface area contributed by atoms with Crippen LogP contribution >= 0.6 is 0 Å². The number of nitrogens with zero attached hydrogens (tertiary/aromatic N) is 1. The zero-order valence-corrected chi connectivity index (χ0v) is 16.5. The van der Waals surface area contributed by atoms with Gasteiger partial charge in [0.2, 0.25) is 0 Å². The van der Waals surface area contributed by atoms with Gasteiger partial charge in [-0.3, -0.25) is 9.69 Å². The number of rotatable bonds is 5. The van der Waals surface area contributed by atoms with Crippen molar-refractivity contribution in [3.63, 3.8) is 0 Å². The molecular formula is C24H30N2O2. The molecule has 4 rings (SSSR count). The molecule has 2 fully saturated rings. The van der Waals surface area contributed by atoms with Crippen LogP contribution in [0.3, 0.4) is 0 Å². The fourth-order valence-corrected chi connectivity index (χ4v) is 4.74. The van der Waals surface area contributed by atoms with Gasteiger partial charge in [-0.05, 0) is 30.0 Å². The smallest absolute Gasteiger partial charge is 0.251 e. The minimum atomic E-state index is 0.0256. The monoisotopic (exact) mass is 378 g/mol. The molecule has 4 nitrogen and oxygen atoms in total. The fraction of sp³-hybridized carbons (Fsp3) is 0.458. The highest BCUT2D eigenvalue weighted by molar-refractivity contribution is 6.00. The number of hydrogen-bond donors (Lipinski definition) is 1. The van der Waals surface area contributed by atoms with Crippen LogP contribution in [0.5, 0.6) is 0 Å². The summed E-state index contributed by atoms with van der Waals surface area (Å²) in [7, 11) is 0. The molecule has 1 aliphatic carbocycles. The highest BCUT2D eigenvalue weighted by Gasteiger charge is 2.38. The standard InChI is InChI=1S/C24H30N2O2/c27-23(22-12-6-5-11-21(22)20-9-3-1-4-10-20)25-19-24(13-7-2-8-14-24)26-15-17-28-18-16-26/h1,3-6,9-12H,2,7-8,13-19H2,(H,25,27). The van der Waals surface area contributed by atoms with E-state index in [2.05, 4.69) is 22.3 Å². The van der Waals surface area contributed by atoms with E-state index in [0.29, 0.717) is 0 Å². The summed E-state index contributed by atoms with van der Waals surface area (Å²) in [5.41, 5.74) is 2.90. The van der Waals surface area contributed by atoms with E-state index in [9.17, 15) is 4.79 Å². The zero-order chi connectivity index (χ0) is 19.2. The zero-order valence-electron chi connectivity index (χ0n) is 16.5. The Morgan fingerprint density at radius 3 is 2.36 bits per heavy atom. The highest BCUT2D eigenvalue weighted by Crippen LogP contribution is 2.34. The third kappa shape index (κ3) is 4.13. The number of nitrogens with one attached hydrogen (secondary N) is 1. The summed E-state index contributed by atoms with van der Waals surface area (Å²) in [6.07, 6.45) is 6.11. The first-order valence-electron chi connectivity index (χ1n) is 10.5. The summed E-state index contributed by atoms with van der Waals surface area (Å²) in [4.78, 5) is 15.7. The molecule has 1 N–H and O–H groups in total. The molecule has 1 aliphatic heterocycles. The molecule has 1 heterocycles. The van der Waals surface area contributed by atoms with Gasteiger partial charge in [-0.1, -0.05) is 67.8 Å². The van der Waals surface area contributed by atoms with Crippen LogP contribution in [0.25, 0.3) is 11.1 Å². The quantitative estimate of drug-likeness (QED) is 0.851. The summed E-state index contributed by atoms with van der Waals surface area (Å²) in [6.45, 7) is 4.25. The van der Waals surface area contributed by atoms with Gasteiger partial charge in [-0.2, -0.15) is 0 Å². The molecule has 148 valence electrons. The molecule has 0 radical (unpaired) electrons. The lowest BCUT2D eigenvalue weighted by Crippen LogP contribution is -2.59. The minimum Gasteiger partial charge on any atom is -0.379 e. The first-order valence-corrected chi connectivity index (χ1v) is 10.5. The summed E-state index contributed by atoms with van der Waals surface area (Å²) in [5.74, 6) is 0.0256. The number of benzene rings is 2. The number of amides is 1. The predicted octanol–water partition coefficient (Wildman–Crippen LogP) is 4.12. The Labute approximate surface area is 167 Å². The Balaban J connectivity index is 1.52. The Morgan fingerprint density at radius 1 is 0.929 bits per heavy atom. The van der Waals surface area contributed by atoms with Gasteiger partial charge < -0.3 is 10.1 Å². The third-order valence-corrected chi connectivity index (χ3v) is 6.30. The molecule has 28 heavy (non-hydrogen) atoms. The molecule has 2 aromatic rings. The van der Waals surface area contributed by atoms with Crippen LogP contribution in [-0.2, 0) is 4.74 Å². The van der Waals surface area contributed by atoms with Crippen LogP contribution in [0.4, 0.5) is 0 Å². The van der Waals surface area contributed by atoms with Gasteiger partial charge in [-0.15, -0.1) is 0 Å². The first kappa shape index (κ1) is 19.2. The molecular weight excluding hydrogens is 348 g/mol. The maximum absolute atomic E-state index is 13.2. The van der Waals surface area contributed by atoms with Gasteiger partial charge in [0.15, 0.2) is 0 Å². The number of carbonyl (C=O) groups is 1. The topological polar surface area (TPSA) is 41.6 Å². The lowest BCUT2D eigenvalue weighted by molar-refractivity contribution is -0.0361. The van der Waals surface area contributed by atoms with Crippen LogP contribution in [-0.4, -0.2) is 49.2 Å². The summed E-state index contributed by atoms with van der Waals surface area (Å²) < 4.78 is 5.57. The molecule has 0 spiro atoms. The van der Waals surface area contributed by atoms with Gasteiger partial charge in [-0.25, -0.2) is 0 Å². The van der Waals surface area contributed by atoms with Crippen molar-refractivity contribution >= 4 is 5.91 Å². The van der Waals surface area contributed by atoms with Crippen molar-refractivity contribution in [1.82, 2.24) is 10.2 Å². The normalized spacial score (nSPS) is 19.9. The predicted molar refractivity (Wildman–Crippen MR) is 112 cm³/mol. The van der Waals surface area contributed by atoms with Crippen molar-refractivity contribution < 1.29 is 9.53 Å². The van der Waals surface area contributed by atoms with E-state index < -0.39 is 0 Å². The Hall–Kier alpha value is -2.17. The average molecular weight is 379 g/mol. The van der Waals surface area contributed by atoms with E-state index in [1.165, 1.54) is 19.3 Å². The second-order valence-corrected chi connectivity index (χ2v) is 7.98. The van der Waals surface area contributed by atoms with Gasteiger partial charge >= 0.3 is 0 Å². The molecule has 0 unspecified atom stereocenters. The molecule has 2 aromatic carbocycles. The molecule has 1 amide bonds.